The Kier molecular flexibility index (Phi) is 3.95. The van der Waals surface area contributed by atoms with Gasteiger partial charge in [0.05, 0.1) is 0 Å². The van der Waals surface area contributed by atoms with Gasteiger partial charge in [-0.15, -0.1) is 0 Å². The number of hydroxylamine groups is 1. The highest BCUT2D eigenvalue weighted by Gasteiger charge is 2.25. The molecule has 18 heavy (non-hydrogen) atoms. The van der Waals surface area contributed by atoms with Crippen molar-refractivity contribution in [2.45, 2.75) is 13.0 Å². The minimum atomic E-state index is -1.32. The van der Waals surface area contributed by atoms with Crippen molar-refractivity contribution in [3.63, 3.8) is 0 Å². The molecule has 0 saturated heterocycles. The summed E-state index contributed by atoms with van der Waals surface area (Å²) in [4.78, 5) is 22.4. The lowest BCUT2D eigenvalue weighted by Crippen LogP contribution is -2.38. The molecule has 0 bridgehead atoms. The molecule has 8 heteroatoms. The molecular weight excluding hydrogens is 242 g/mol. The summed E-state index contributed by atoms with van der Waals surface area (Å²) in [6.07, 6.45) is 0. The standard InChI is InChI=1S/C10H13N3O5/c1-4(14)12-8(10(17)13-18)5-2-3-6(15)7(11)9(5)16/h2-3,8,15-16,18H,11H2,1H3,(H,12,14)(H,13,17). The maximum absolute atomic E-state index is 11.4. The molecule has 8 nitrogen and oxygen atoms in total. The van der Waals surface area contributed by atoms with Crippen LogP contribution in [0.5, 0.6) is 11.5 Å². The van der Waals surface area contributed by atoms with Crippen LogP contribution in [-0.2, 0) is 9.59 Å². The summed E-state index contributed by atoms with van der Waals surface area (Å²) in [5.41, 5.74) is 6.37. The number of benzene rings is 1. The summed E-state index contributed by atoms with van der Waals surface area (Å²) in [7, 11) is 0. The van der Waals surface area contributed by atoms with Crippen molar-refractivity contribution >= 4 is 17.5 Å². The predicted molar refractivity (Wildman–Crippen MR) is 60.7 cm³/mol. The Bertz CT molecular complexity index is 489. The van der Waals surface area contributed by atoms with Crippen LogP contribution >= 0.6 is 0 Å². The van der Waals surface area contributed by atoms with E-state index in [1.807, 2.05) is 0 Å². The molecule has 0 aliphatic rings. The number of anilines is 1. The Balaban J connectivity index is 3.25. The van der Waals surface area contributed by atoms with Gasteiger partial charge in [0.1, 0.15) is 23.2 Å². The first-order valence-corrected chi connectivity index (χ1v) is 4.89. The first kappa shape index (κ1) is 13.6. The molecule has 1 unspecified atom stereocenters. The van der Waals surface area contributed by atoms with Crippen molar-refractivity contribution in [1.82, 2.24) is 10.8 Å². The number of carbonyl (C=O) groups excluding carboxylic acids is 2. The van der Waals surface area contributed by atoms with Crippen LogP contribution in [0.25, 0.3) is 0 Å². The smallest absolute Gasteiger partial charge is 0.270 e. The van der Waals surface area contributed by atoms with Crippen LogP contribution in [0.15, 0.2) is 12.1 Å². The van der Waals surface area contributed by atoms with Gasteiger partial charge in [-0.3, -0.25) is 14.8 Å². The van der Waals surface area contributed by atoms with Crippen molar-refractivity contribution in [2.75, 3.05) is 5.73 Å². The van der Waals surface area contributed by atoms with Gasteiger partial charge in [-0.05, 0) is 12.1 Å². The third-order valence-corrected chi connectivity index (χ3v) is 2.26. The number of hydrogen-bond acceptors (Lipinski definition) is 6. The van der Waals surface area contributed by atoms with Gasteiger partial charge in [0.25, 0.3) is 5.91 Å². The summed E-state index contributed by atoms with van der Waals surface area (Å²) in [6.45, 7) is 1.17. The van der Waals surface area contributed by atoms with Gasteiger partial charge in [0.15, 0.2) is 0 Å². The monoisotopic (exact) mass is 255 g/mol. The van der Waals surface area contributed by atoms with Gasteiger partial charge < -0.3 is 21.3 Å². The molecule has 7 N–H and O–H groups in total. The van der Waals surface area contributed by atoms with E-state index in [4.69, 9.17) is 10.9 Å². The number of aromatic hydroxyl groups is 2. The summed E-state index contributed by atoms with van der Waals surface area (Å²) in [6, 6.07) is 1.04. The fourth-order valence-corrected chi connectivity index (χ4v) is 1.40. The Labute approximate surface area is 102 Å². The largest absolute Gasteiger partial charge is 0.506 e. The third-order valence-electron chi connectivity index (χ3n) is 2.26. The fraction of sp³-hybridized carbons (Fsp3) is 0.200. The number of nitrogen functional groups attached to an aromatic ring is 1. The number of phenolic OH excluding ortho intramolecular Hbond substituents is 2. The molecule has 0 fully saturated rings. The van der Waals surface area contributed by atoms with E-state index in [0.717, 1.165) is 6.07 Å². The maximum atomic E-state index is 11.4. The van der Waals surface area contributed by atoms with Crippen LogP contribution < -0.4 is 16.5 Å². The summed E-state index contributed by atoms with van der Waals surface area (Å²) in [5.74, 6) is -2.40. The average molecular weight is 255 g/mol. The minimum absolute atomic E-state index is 0.0490. The highest BCUT2D eigenvalue weighted by atomic mass is 16.5. The van der Waals surface area contributed by atoms with Gasteiger partial charge in [-0.25, -0.2) is 5.48 Å². The average Bonchev–Trinajstić information content (AvgIpc) is 2.33. The molecule has 0 saturated carbocycles. The number of nitrogens with one attached hydrogen (secondary N) is 2. The number of amides is 2. The Morgan fingerprint density at radius 2 is 1.94 bits per heavy atom. The molecule has 0 aromatic heterocycles. The zero-order valence-corrected chi connectivity index (χ0v) is 9.47. The quantitative estimate of drug-likeness (QED) is 0.183. The number of phenols is 2. The molecule has 0 aliphatic carbocycles. The van der Waals surface area contributed by atoms with Gasteiger partial charge in [0.2, 0.25) is 5.91 Å². The fourth-order valence-electron chi connectivity index (χ4n) is 1.40. The molecule has 2 amide bonds. The van der Waals surface area contributed by atoms with Gasteiger partial charge >= 0.3 is 0 Å². The zero-order valence-electron chi connectivity index (χ0n) is 9.47. The van der Waals surface area contributed by atoms with Crippen LogP contribution in [0.2, 0.25) is 0 Å². The topological polar surface area (TPSA) is 145 Å². The molecule has 0 heterocycles. The van der Waals surface area contributed by atoms with E-state index in [1.54, 1.807) is 0 Å². The lowest BCUT2D eigenvalue weighted by atomic mass is 10.0. The second kappa shape index (κ2) is 5.23. The highest BCUT2D eigenvalue weighted by molar-refractivity contribution is 5.88. The predicted octanol–water partition coefficient (Wildman–Crippen LogP) is -0.637. The van der Waals surface area contributed by atoms with E-state index in [-0.39, 0.29) is 17.0 Å². The van der Waals surface area contributed by atoms with Crippen LogP contribution in [0.3, 0.4) is 0 Å². The van der Waals surface area contributed by atoms with Crippen molar-refractivity contribution in [3.05, 3.63) is 17.7 Å². The number of hydrogen-bond donors (Lipinski definition) is 6. The van der Waals surface area contributed by atoms with E-state index in [1.165, 1.54) is 18.5 Å². The SMILES string of the molecule is CC(=O)NC(C(=O)NO)c1ccc(O)c(N)c1O. The van der Waals surface area contributed by atoms with Crippen LogP contribution in [-0.4, -0.2) is 27.2 Å². The molecular formula is C10H13N3O5. The second-order valence-corrected chi connectivity index (χ2v) is 3.55. The Morgan fingerprint density at radius 3 is 2.44 bits per heavy atom. The van der Waals surface area contributed by atoms with Gasteiger partial charge in [-0.1, -0.05) is 0 Å². The molecule has 98 valence electrons. The highest BCUT2D eigenvalue weighted by Crippen LogP contribution is 2.36. The number of carbonyl (C=O) groups is 2. The molecule has 1 aromatic carbocycles. The first-order valence-electron chi connectivity index (χ1n) is 4.89. The summed E-state index contributed by atoms with van der Waals surface area (Å²) >= 11 is 0. The third kappa shape index (κ3) is 2.61. The van der Waals surface area contributed by atoms with E-state index < -0.39 is 23.6 Å². The minimum Gasteiger partial charge on any atom is -0.506 e. The van der Waals surface area contributed by atoms with E-state index in [2.05, 4.69) is 5.32 Å². The zero-order chi connectivity index (χ0) is 13.9. The summed E-state index contributed by atoms with van der Waals surface area (Å²) < 4.78 is 0. The van der Waals surface area contributed by atoms with Crippen LogP contribution in [0, 0.1) is 0 Å². The van der Waals surface area contributed by atoms with Crippen molar-refractivity contribution in [1.29, 1.82) is 0 Å². The molecule has 1 rings (SSSR count). The van der Waals surface area contributed by atoms with E-state index >= 15 is 0 Å². The van der Waals surface area contributed by atoms with Crippen LogP contribution in [0.4, 0.5) is 5.69 Å². The normalized spacial score (nSPS) is 11.7. The van der Waals surface area contributed by atoms with Crippen molar-refractivity contribution in [3.8, 4) is 11.5 Å². The van der Waals surface area contributed by atoms with Crippen molar-refractivity contribution in [2.24, 2.45) is 0 Å². The Hall–Kier alpha value is -2.48. The van der Waals surface area contributed by atoms with Crippen molar-refractivity contribution < 1.29 is 25.0 Å². The maximum Gasteiger partial charge on any atom is 0.270 e. The second-order valence-electron chi connectivity index (χ2n) is 3.55. The van der Waals surface area contributed by atoms with E-state index in [0.29, 0.717) is 0 Å². The molecule has 1 atom stereocenters. The molecule has 1 aromatic rings. The number of nitrogens with two attached hydrogens (primary N) is 1. The molecule has 0 aliphatic heterocycles. The first-order chi connectivity index (χ1) is 8.38. The Morgan fingerprint density at radius 1 is 1.33 bits per heavy atom. The summed E-state index contributed by atoms with van der Waals surface area (Å²) in [5, 5.41) is 29.8. The molecule has 0 spiro atoms. The number of rotatable bonds is 3. The van der Waals surface area contributed by atoms with Crippen LogP contribution in [0.1, 0.15) is 18.5 Å². The van der Waals surface area contributed by atoms with E-state index in [9.17, 15) is 19.8 Å². The molecule has 0 radical (unpaired) electrons. The van der Waals surface area contributed by atoms with Gasteiger partial charge in [-0.2, -0.15) is 0 Å². The lowest BCUT2D eigenvalue weighted by molar-refractivity contribution is -0.134. The van der Waals surface area contributed by atoms with Gasteiger partial charge in [0, 0.05) is 12.5 Å². The lowest BCUT2D eigenvalue weighted by Gasteiger charge is -2.18.